The summed E-state index contributed by atoms with van der Waals surface area (Å²) in [7, 11) is 1.70. The van der Waals surface area contributed by atoms with Gasteiger partial charge in [-0.2, -0.15) is 5.10 Å². The number of aromatic nitrogens is 2. The maximum atomic E-state index is 12.7. The van der Waals surface area contributed by atoms with E-state index in [2.05, 4.69) is 5.10 Å². The number of nitrogens with zero attached hydrogens (tertiary/aromatic N) is 3. The summed E-state index contributed by atoms with van der Waals surface area (Å²) in [4.78, 5) is 26.4. The van der Waals surface area contributed by atoms with Crippen LogP contribution in [0, 0.1) is 0 Å². The Morgan fingerprint density at radius 1 is 1.03 bits per heavy atom. The number of fused-ring (bicyclic) bond motifs is 1. The molecule has 148 valence electrons. The Bertz CT molecular complexity index is 1080. The van der Waals surface area contributed by atoms with E-state index in [1.54, 1.807) is 18.0 Å². The Hall–Kier alpha value is -3.61. The first-order chi connectivity index (χ1) is 14.1. The van der Waals surface area contributed by atoms with E-state index in [1.807, 2.05) is 48.5 Å². The highest BCUT2D eigenvalue weighted by Gasteiger charge is 2.16. The van der Waals surface area contributed by atoms with Crippen LogP contribution in [-0.2, 0) is 17.9 Å². The van der Waals surface area contributed by atoms with Gasteiger partial charge in [0, 0.05) is 25.2 Å². The van der Waals surface area contributed by atoms with Crippen molar-refractivity contribution in [2.24, 2.45) is 0 Å². The van der Waals surface area contributed by atoms with Crippen LogP contribution in [-0.4, -0.2) is 40.8 Å². The third-order valence-electron chi connectivity index (χ3n) is 4.67. The smallest absolute Gasteiger partial charge is 0.267 e. The SMILES string of the molecule is CN(Cc1ccc2c(c1)OCCO2)C(=O)Cn1nc(-c2ccccc2)ccc1=O. The minimum absolute atomic E-state index is 0.124. The summed E-state index contributed by atoms with van der Waals surface area (Å²) in [5.74, 6) is 1.19. The van der Waals surface area contributed by atoms with Gasteiger partial charge in [0.15, 0.2) is 11.5 Å². The summed E-state index contributed by atoms with van der Waals surface area (Å²) in [6, 6.07) is 18.3. The van der Waals surface area contributed by atoms with E-state index in [-0.39, 0.29) is 18.0 Å². The van der Waals surface area contributed by atoms with Crippen molar-refractivity contribution in [3.8, 4) is 22.8 Å². The van der Waals surface area contributed by atoms with Crippen LogP contribution in [0.15, 0.2) is 65.5 Å². The van der Waals surface area contributed by atoms with Crippen LogP contribution < -0.4 is 15.0 Å². The molecule has 0 fully saturated rings. The molecule has 0 saturated heterocycles. The number of likely N-dealkylation sites (N-methyl/N-ethyl adjacent to an activating group) is 1. The highest BCUT2D eigenvalue weighted by Crippen LogP contribution is 2.31. The Kier molecular flexibility index (Phi) is 5.29. The van der Waals surface area contributed by atoms with E-state index >= 15 is 0 Å². The third kappa shape index (κ3) is 4.29. The molecule has 7 nitrogen and oxygen atoms in total. The molecule has 0 spiro atoms. The van der Waals surface area contributed by atoms with Gasteiger partial charge in [0.25, 0.3) is 5.56 Å². The van der Waals surface area contributed by atoms with E-state index < -0.39 is 0 Å². The fourth-order valence-electron chi connectivity index (χ4n) is 3.12. The number of hydrogen-bond acceptors (Lipinski definition) is 5. The van der Waals surface area contributed by atoms with Gasteiger partial charge in [-0.05, 0) is 23.8 Å². The Morgan fingerprint density at radius 3 is 2.59 bits per heavy atom. The first-order valence-electron chi connectivity index (χ1n) is 9.36. The van der Waals surface area contributed by atoms with Crippen molar-refractivity contribution >= 4 is 5.91 Å². The number of ether oxygens (including phenoxy) is 2. The van der Waals surface area contributed by atoms with Gasteiger partial charge in [-0.3, -0.25) is 9.59 Å². The molecule has 0 atom stereocenters. The maximum absolute atomic E-state index is 12.7. The fraction of sp³-hybridized carbons (Fsp3) is 0.227. The molecule has 4 rings (SSSR count). The van der Waals surface area contributed by atoms with Crippen LogP contribution in [0.2, 0.25) is 0 Å². The van der Waals surface area contributed by atoms with Crippen molar-refractivity contribution in [3.63, 3.8) is 0 Å². The lowest BCUT2D eigenvalue weighted by Crippen LogP contribution is -2.34. The van der Waals surface area contributed by atoms with E-state index in [0.717, 1.165) is 11.1 Å². The predicted octanol–water partition coefficient (Wildman–Crippen LogP) is 2.34. The summed E-state index contributed by atoms with van der Waals surface area (Å²) in [5.41, 5.74) is 2.14. The molecule has 2 aromatic carbocycles. The quantitative estimate of drug-likeness (QED) is 0.668. The van der Waals surface area contributed by atoms with Gasteiger partial charge in [-0.15, -0.1) is 0 Å². The second kappa shape index (κ2) is 8.18. The molecule has 0 bridgehead atoms. The molecule has 0 radical (unpaired) electrons. The van der Waals surface area contributed by atoms with Crippen molar-refractivity contribution in [3.05, 3.63) is 76.6 Å². The average Bonchev–Trinajstić information content (AvgIpc) is 2.75. The van der Waals surface area contributed by atoms with Crippen LogP contribution in [0.3, 0.4) is 0 Å². The van der Waals surface area contributed by atoms with E-state index in [4.69, 9.17) is 9.47 Å². The number of rotatable bonds is 5. The van der Waals surface area contributed by atoms with E-state index in [9.17, 15) is 9.59 Å². The molecule has 1 aromatic heterocycles. The predicted molar refractivity (Wildman–Crippen MR) is 108 cm³/mol. The first-order valence-corrected chi connectivity index (χ1v) is 9.36. The van der Waals surface area contributed by atoms with E-state index in [0.29, 0.717) is 37.0 Å². The van der Waals surface area contributed by atoms with Crippen molar-refractivity contribution in [1.29, 1.82) is 0 Å². The maximum Gasteiger partial charge on any atom is 0.267 e. The summed E-state index contributed by atoms with van der Waals surface area (Å²) in [5, 5.41) is 4.35. The van der Waals surface area contributed by atoms with Gasteiger partial charge in [0.1, 0.15) is 19.8 Å². The lowest BCUT2D eigenvalue weighted by atomic mass is 10.1. The third-order valence-corrected chi connectivity index (χ3v) is 4.67. The summed E-state index contributed by atoms with van der Waals surface area (Å²) >= 11 is 0. The molecule has 0 aliphatic carbocycles. The molecular formula is C22H21N3O4. The van der Waals surface area contributed by atoms with Gasteiger partial charge in [-0.1, -0.05) is 36.4 Å². The van der Waals surface area contributed by atoms with Gasteiger partial charge >= 0.3 is 0 Å². The molecule has 7 heteroatoms. The van der Waals surface area contributed by atoms with Gasteiger partial charge in [0.2, 0.25) is 5.91 Å². The molecular weight excluding hydrogens is 370 g/mol. The molecule has 1 amide bonds. The van der Waals surface area contributed by atoms with Crippen LogP contribution in [0.25, 0.3) is 11.3 Å². The summed E-state index contributed by atoms with van der Waals surface area (Å²) < 4.78 is 12.3. The number of hydrogen-bond donors (Lipinski definition) is 0. The summed E-state index contributed by atoms with van der Waals surface area (Å²) in [6.07, 6.45) is 0. The lowest BCUT2D eigenvalue weighted by Gasteiger charge is -2.21. The highest BCUT2D eigenvalue weighted by molar-refractivity contribution is 5.75. The number of carbonyl (C=O) groups excluding carboxylic acids is 1. The topological polar surface area (TPSA) is 73.7 Å². The normalized spacial score (nSPS) is 12.4. The number of benzene rings is 2. The monoisotopic (exact) mass is 391 g/mol. The van der Waals surface area contributed by atoms with Gasteiger partial charge < -0.3 is 14.4 Å². The molecule has 0 unspecified atom stereocenters. The zero-order valence-corrected chi connectivity index (χ0v) is 16.1. The highest BCUT2D eigenvalue weighted by atomic mass is 16.6. The molecule has 0 saturated carbocycles. The van der Waals surface area contributed by atoms with Crippen LogP contribution >= 0.6 is 0 Å². The Morgan fingerprint density at radius 2 is 1.79 bits per heavy atom. The average molecular weight is 391 g/mol. The Balaban J connectivity index is 1.47. The number of amides is 1. The van der Waals surface area contributed by atoms with E-state index in [1.165, 1.54) is 10.7 Å². The molecule has 29 heavy (non-hydrogen) atoms. The van der Waals surface area contributed by atoms with Gasteiger partial charge in [0.05, 0.1) is 5.69 Å². The minimum atomic E-state index is -0.314. The number of carbonyl (C=O) groups is 1. The Labute approximate surface area is 168 Å². The molecule has 1 aliphatic rings. The van der Waals surface area contributed by atoms with Crippen molar-refractivity contribution in [1.82, 2.24) is 14.7 Å². The zero-order chi connectivity index (χ0) is 20.2. The molecule has 0 N–H and O–H groups in total. The first kappa shape index (κ1) is 18.7. The van der Waals surface area contributed by atoms with Crippen molar-refractivity contribution in [2.45, 2.75) is 13.1 Å². The largest absolute Gasteiger partial charge is 0.486 e. The summed E-state index contributed by atoms with van der Waals surface area (Å²) in [6.45, 7) is 1.31. The molecule has 2 heterocycles. The van der Waals surface area contributed by atoms with Crippen molar-refractivity contribution < 1.29 is 14.3 Å². The van der Waals surface area contributed by atoms with Gasteiger partial charge in [-0.25, -0.2) is 4.68 Å². The van der Waals surface area contributed by atoms with Crippen LogP contribution in [0.5, 0.6) is 11.5 Å². The second-order valence-electron chi connectivity index (χ2n) is 6.81. The van der Waals surface area contributed by atoms with Crippen LogP contribution in [0.4, 0.5) is 0 Å². The molecule has 1 aliphatic heterocycles. The second-order valence-corrected chi connectivity index (χ2v) is 6.81. The standard InChI is InChI=1S/C22H21N3O4/c1-24(14-16-7-9-19-20(13-16)29-12-11-28-19)22(27)15-25-21(26)10-8-18(23-25)17-5-3-2-4-6-17/h2-10,13H,11-12,14-15H2,1H3. The zero-order valence-electron chi connectivity index (χ0n) is 16.1. The van der Waals surface area contributed by atoms with Crippen LogP contribution in [0.1, 0.15) is 5.56 Å². The van der Waals surface area contributed by atoms with Crippen molar-refractivity contribution in [2.75, 3.05) is 20.3 Å². The minimum Gasteiger partial charge on any atom is -0.486 e. The fourth-order valence-corrected chi connectivity index (χ4v) is 3.12. The lowest BCUT2D eigenvalue weighted by molar-refractivity contribution is -0.131. The molecule has 3 aromatic rings.